The molecule has 2 rings (SSSR count). The van der Waals surface area contributed by atoms with Gasteiger partial charge in [0.1, 0.15) is 5.52 Å². The lowest BCUT2D eigenvalue weighted by Crippen LogP contribution is -2.25. The van der Waals surface area contributed by atoms with Gasteiger partial charge in [-0.3, -0.25) is 9.63 Å². The van der Waals surface area contributed by atoms with E-state index in [-0.39, 0.29) is 11.4 Å². The second-order valence-corrected chi connectivity index (χ2v) is 5.00. The van der Waals surface area contributed by atoms with Gasteiger partial charge >= 0.3 is 0 Å². The SMILES string of the molecule is CON(C)C(=O)c1cc(C)nc2c(F)cc(Br)cc12. The van der Waals surface area contributed by atoms with Crippen LogP contribution in [0.15, 0.2) is 22.7 Å². The Morgan fingerprint density at radius 2 is 2.11 bits per heavy atom. The molecule has 0 fully saturated rings. The van der Waals surface area contributed by atoms with Crippen LogP contribution in [0.3, 0.4) is 0 Å². The Kier molecular flexibility index (Phi) is 3.82. The van der Waals surface area contributed by atoms with Crippen molar-refractivity contribution in [3.05, 3.63) is 39.7 Å². The number of halogens is 2. The van der Waals surface area contributed by atoms with Crippen molar-refractivity contribution in [3.63, 3.8) is 0 Å². The van der Waals surface area contributed by atoms with Crippen molar-refractivity contribution in [1.29, 1.82) is 0 Å². The first-order chi connectivity index (χ1) is 8.93. The van der Waals surface area contributed by atoms with Crippen LogP contribution in [0.4, 0.5) is 4.39 Å². The van der Waals surface area contributed by atoms with Gasteiger partial charge < -0.3 is 0 Å². The van der Waals surface area contributed by atoms with Crippen LogP contribution in [0.1, 0.15) is 16.1 Å². The smallest absolute Gasteiger partial charge is 0.274 e. The Morgan fingerprint density at radius 3 is 2.74 bits per heavy atom. The minimum atomic E-state index is -0.470. The van der Waals surface area contributed by atoms with Crippen LogP contribution in [-0.4, -0.2) is 30.1 Å². The molecule has 1 aromatic heterocycles. The van der Waals surface area contributed by atoms with Crippen LogP contribution in [0, 0.1) is 12.7 Å². The molecule has 0 spiro atoms. The Hall–Kier alpha value is -1.53. The van der Waals surface area contributed by atoms with E-state index in [0.29, 0.717) is 21.1 Å². The Labute approximate surface area is 118 Å². The number of carbonyl (C=O) groups excluding carboxylic acids is 1. The molecular formula is C13H12BrFN2O2. The number of hydroxylamine groups is 2. The van der Waals surface area contributed by atoms with Gasteiger partial charge in [-0.25, -0.2) is 14.4 Å². The highest BCUT2D eigenvalue weighted by Crippen LogP contribution is 2.26. The lowest BCUT2D eigenvalue weighted by Gasteiger charge is -2.15. The average molecular weight is 327 g/mol. The molecule has 0 saturated carbocycles. The highest BCUT2D eigenvalue weighted by atomic mass is 79.9. The van der Waals surface area contributed by atoms with E-state index in [4.69, 9.17) is 4.84 Å². The summed E-state index contributed by atoms with van der Waals surface area (Å²) in [5, 5.41) is 1.54. The first kappa shape index (κ1) is 13.9. The number of aromatic nitrogens is 1. The molecule has 0 N–H and O–H groups in total. The molecule has 0 radical (unpaired) electrons. The van der Waals surface area contributed by atoms with E-state index in [1.165, 1.54) is 20.2 Å². The molecule has 0 unspecified atom stereocenters. The highest BCUT2D eigenvalue weighted by Gasteiger charge is 2.18. The van der Waals surface area contributed by atoms with Gasteiger partial charge in [-0.2, -0.15) is 0 Å². The zero-order valence-corrected chi connectivity index (χ0v) is 12.3. The largest absolute Gasteiger partial charge is 0.277 e. The molecule has 0 bridgehead atoms. The summed E-state index contributed by atoms with van der Waals surface area (Å²) >= 11 is 3.22. The van der Waals surface area contributed by atoms with Crippen molar-refractivity contribution < 1.29 is 14.0 Å². The summed E-state index contributed by atoms with van der Waals surface area (Å²) in [5.74, 6) is -0.822. The molecule has 1 amide bonds. The number of nitrogens with zero attached hydrogens (tertiary/aromatic N) is 2. The molecule has 4 nitrogen and oxygen atoms in total. The summed E-state index contributed by atoms with van der Waals surface area (Å²) in [6.07, 6.45) is 0. The zero-order chi connectivity index (χ0) is 14.2. The normalized spacial score (nSPS) is 10.8. The summed E-state index contributed by atoms with van der Waals surface area (Å²) in [7, 11) is 2.89. The summed E-state index contributed by atoms with van der Waals surface area (Å²) in [6, 6.07) is 4.61. The molecule has 1 aromatic carbocycles. The molecule has 2 aromatic rings. The molecule has 1 heterocycles. The number of amides is 1. The van der Waals surface area contributed by atoms with Crippen molar-refractivity contribution in [3.8, 4) is 0 Å². The Balaban J connectivity index is 2.76. The van der Waals surface area contributed by atoms with Crippen LogP contribution >= 0.6 is 15.9 Å². The summed E-state index contributed by atoms with van der Waals surface area (Å²) < 4.78 is 14.5. The van der Waals surface area contributed by atoms with E-state index in [9.17, 15) is 9.18 Å². The highest BCUT2D eigenvalue weighted by molar-refractivity contribution is 9.10. The van der Waals surface area contributed by atoms with Gasteiger partial charge in [-0.15, -0.1) is 0 Å². The molecule has 19 heavy (non-hydrogen) atoms. The minimum absolute atomic E-state index is 0.177. The van der Waals surface area contributed by atoms with Crippen LogP contribution in [0.5, 0.6) is 0 Å². The molecule has 0 aliphatic heterocycles. The van der Waals surface area contributed by atoms with Gasteiger partial charge in [0.25, 0.3) is 5.91 Å². The minimum Gasteiger partial charge on any atom is -0.274 e. The lowest BCUT2D eigenvalue weighted by molar-refractivity contribution is -0.0755. The van der Waals surface area contributed by atoms with Crippen LogP contribution in [0.2, 0.25) is 0 Å². The monoisotopic (exact) mass is 326 g/mol. The number of pyridine rings is 1. The fraction of sp³-hybridized carbons (Fsp3) is 0.231. The van der Waals surface area contributed by atoms with Gasteiger partial charge in [0, 0.05) is 22.6 Å². The van der Waals surface area contributed by atoms with E-state index in [0.717, 1.165) is 5.06 Å². The van der Waals surface area contributed by atoms with E-state index in [2.05, 4.69) is 20.9 Å². The predicted molar refractivity (Wildman–Crippen MR) is 73.2 cm³/mol. The number of rotatable bonds is 2. The van der Waals surface area contributed by atoms with E-state index in [1.807, 2.05) is 0 Å². The molecule has 100 valence electrons. The summed E-state index contributed by atoms with van der Waals surface area (Å²) in [6.45, 7) is 1.71. The number of benzene rings is 1. The number of hydrogen-bond acceptors (Lipinski definition) is 3. The predicted octanol–water partition coefficient (Wildman–Crippen LogP) is 3.08. The third-order valence-corrected chi connectivity index (χ3v) is 3.21. The molecular weight excluding hydrogens is 315 g/mol. The number of fused-ring (bicyclic) bond motifs is 1. The van der Waals surface area contributed by atoms with Gasteiger partial charge in [0.05, 0.1) is 12.7 Å². The molecule has 0 aliphatic carbocycles. The third-order valence-electron chi connectivity index (χ3n) is 2.75. The number of hydrogen-bond donors (Lipinski definition) is 0. The van der Waals surface area contributed by atoms with Crippen molar-refractivity contribution in [1.82, 2.24) is 10.0 Å². The van der Waals surface area contributed by atoms with Crippen LogP contribution in [-0.2, 0) is 4.84 Å². The van der Waals surface area contributed by atoms with E-state index in [1.54, 1.807) is 19.1 Å². The van der Waals surface area contributed by atoms with Gasteiger partial charge in [-0.05, 0) is 25.1 Å². The Morgan fingerprint density at radius 1 is 1.42 bits per heavy atom. The second kappa shape index (κ2) is 5.22. The second-order valence-electron chi connectivity index (χ2n) is 4.08. The maximum absolute atomic E-state index is 13.9. The van der Waals surface area contributed by atoms with Gasteiger partial charge in [0.2, 0.25) is 0 Å². The van der Waals surface area contributed by atoms with Crippen molar-refractivity contribution in [2.75, 3.05) is 14.2 Å². The van der Waals surface area contributed by atoms with Crippen LogP contribution < -0.4 is 0 Å². The fourth-order valence-corrected chi connectivity index (χ4v) is 2.24. The van der Waals surface area contributed by atoms with Gasteiger partial charge in [0.15, 0.2) is 5.82 Å². The number of aryl methyl sites for hydroxylation is 1. The van der Waals surface area contributed by atoms with Crippen molar-refractivity contribution >= 4 is 32.7 Å². The summed E-state index contributed by atoms with van der Waals surface area (Å²) in [4.78, 5) is 21.2. The maximum atomic E-state index is 13.9. The Bertz CT molecular complexity index is 661. The van der Waals surface area contributed by atoms with E-state index < -0.39 is 5.82 Å². The standard InChI is InChI=1S/C13H12BrFN2O2/c1-7-4-10(13(18)17(2)19-3)9-5-8(14)6-11(15)12(9)16-7/h4-6H,1-3H3. The third kappa shape index (κ3) is 2.59. The fourth-order valence-electron chi connectivity index (χ4n) is 1.81. The first-order valence-corrected chi connectivity index (χ1v) is 6.32. The van der Waals surface area contributed by atoms with Crippen LogP contribution in [0.25, 0.3) is 10.9 Å². The molecule has 6 heteroatoms. The van der Waals surface area contributed by atoms with Gasteiger partial charge in [-0.1, -0.05) is 15.9 Å². The quantitative estimate of drug-likeness (QED) is 0.796. The first-order valence-electron chi connectivity index (χ1n) is 5.52. The van der Waals surface area contributed by atoms with Crippen molar-refractivity contribution in [2.45, 2.75) is 6.92 Å². The summed E-state index contributed by atoms with van der Waals surface area (Å²) in [5.41, 5.74) is 1.10. The number of carbonyl (C=O) groups is 1. The average Bonchev–Trinajstić information content (AvgIpc) is 2.37. The molecule has 0 atom stereocenters. The molecule has 0 saturated heterocycles. The topological polar surface area (TPSA) is 42.4 Å². The lowest BCUT2D eigenvalue weighted by atomic mass is 10.1. The van der Waals surface area contributed by atoms with E-state index >= 15 is 0 Å². The van der Waals surface area contributed by atoms with Crippen molar-refractivity contribution in [2.24, 2.45) is 0 Å². The molecule has 0 aliphatic rings. The maximum Gasteiger partial charge on any atom is 0.277 e. The zero-order valence-electron chi connectivity index (χ0n) is 10.7.